The largest absolute Gasteiger partial charge is 0.417 e. The summed E-state index contributed by atoms with van der Waals surface area (Å²) in [6.45, 7) is 14.5. The molecule has 0 aliphatic rings. The maximum atomic E-state index is 6.20. The molecule has 0 radical (unpaired) electrons. The first-order valence-electron chi connectivity index (χ1n) is 7.02. The van der Waals surface area contributed by atoms with Crippen LogP contribution in [0, 0.1) is 6.92 Å². The van der Waals surface area contributed by atoms with Crippen molar-refractivity contribution in [1.82, 2.24) is 0 Å². The van der Waals surface area contributed by atoms with Crippen LogP contribution >= 0.6 is 15.9 Å². The zero-order chi connectivity index (χ0) is 14.7. The number of aryl methyl sites for hydroxylation is 2. The van der Waals surface area contributed by atoms with Crippen molar-refractivity contribution in [2.24, 2.45) is 0 Å². The Morgan fingerprint density at radius 1 is 1.21 bits per heavy atom. The second-order valence-corrected chi connectivity index (χ2v) is 12.5. The topological polar surface area (TPSA) is 9.23 Å². The van der Waals surface area contributed by atoms with E-state index in [0.717, 1.165) is 19.4 Å². The predicted molar refractivity (Wildman–Crippen MR) is 90.3 cm³/mol. The summed E-state index contributed by atoms with van der Waals surface area (Å²) in [6.07, 6.45) is 2.20. The van der Waals surface area contributed by atoms with Gasteiger partial charge in [0.1, 0.15) is 0 Å². The van der Waals surface area contributed by atoms with Gasteiger partial charge < -0.3 is 4.43 Å². The third-order valence-corrected chi connectivity index (χ3v) is 9.53. The van der Waals surface area contributed by atoms with Crippen molar-refractivity contribution in [2.75, 3.05) is 6.61 Å². The van der Waals surface area contributed by atoms with Gasteiger partial charge in [0.05, 0.1) is 0 Å². The summed E-state index contributed by atoms with van der Waals surface area (Å²) in [5.41, 5.74) is 2.71. The number of benzene rings is 1. The van der Waals surface area contributed by atoms with E-state index in [-0.39, 0.29) is 0 Å². The van der Waals surface area contributed by atoms with E-state index in [1.54, 1.807) is 0 Å². The molecule has 19 heavy (non-hydrogen) atoms. The second-order valence-electron chi connectivity index (χ2n) is 6.80. The monoisotopic (exact) mass is 342 g/mol. The molecular weight excluding hydrogens is 316 g/mol. The minimum atomic E-state index is -1.57. The highest BCUT2D eigenvalue weighted by Crippen LogP contribution is 2.36. The van der Waals surface area contributed by atoms with E-state index in [2.05, 4.69) is 74.9 Å². The molecule has 0 saturated heterocycles. The average Bonchev–Trinajstić information content (AvgIpc) is 2.27. The smallest absolute Gasteiger partial charge is 0.191 e. The third-order valence-electron chi connectivity index (χ3n) is 4.10. The molecule has 0 aliphatic carbocycles. The van der Waals surface area contributed by atoms with E-state index in [4.69, 9.17) is 4.43 Å². The van der Waals surface area contributed by atoms with Gasteiger partial charge in [-0.1, -0.05) is 48.8 Å². The van der Waals surface area contributed by atoms with Crippen LogP contribution in [0.2, 0.25) is 18.1 Å². The van der Waals surface area contributed by atoms with Crippen molar-refractivity contribution in [3.05, 3.63) is 33.8 Å². The summed E-state index contributed by atoms with van der Waals surface area (Å²) in [4.78, 5) is 0. The van der Waals surface area contributed by atoms with Gasteiger partial charge in [-0.15, -0.1) is 0 Å². The fourth-order valence-electron chi connectivity index (χ4n) is 1.68. The Kier molecular flexibility index (Phi) is 5.84. The van der Waals surface area contributed by atoms with E-state index in [1.165, 1.54) is 15.6 Å². The van der Waals surface area contributed by atoms with Gasteiger partial charge in [-0.05, 0) is 55.1 Å². The van der Waals surface area contributed by atoms with Crippen LogP contribution in [-0.4, -0.2) is 14.9 Å². The van der Waals surface area contributed by atoms with Gasteiger partial charge in [0.15, 0.2) is 8.32 Å². The van der Waals surface area contributed by atoms with Gasteiger partial charge in [0.2, 0.25) is 0 Å². The van der Waals surface area contributed by atoms with Crippen LogP contribution in [0.3, 0.4) is 0 Å². The van der Waals surface area contributed by atoms with E-state index in [0.29, 0.717) is 5.04 Å². The number of halogens is 1. The molecule has 0 unspecified atom stereocenters. The Hall–Kier alpha value is -0.123. The Balaban J connectivity index is 2.41. The lowest BCUT2D eigenvalue weighted by molar-refractivity contribution is 0.282. The highest BCUT2D eigenvalue weighted by atomic mass is 79.9. The van der Waals surface area contributed by atoms with Crippen molar-refractivity contribution in [3.63, 3.8) is 0 Å². The molecule has 0 spiro atoms. The van der Waals surface area contributed by atoms with E-state index in [9.17, 15) is 0 Å². The molecule has 1 aromatic rings. The summed E-state index contributed by atoms with van der Waals surface area (Å²) in [7, 11) is -1.57. The summed E-state index contributed by atoms with van der Waals surface area (Å²) >= 11 is 3.54. The summed E-state index contributed by atoms with van der Waals surface area (Å²) in [5, 5.41) is 0.307. The van der Waals surface area contributed by atoms with Gasteiger partial charge in [0, 0.05) is 11.1 Å². The van der Waals surface area contributed by atoms with Gasteiger partial charge in [-0.2, -0.15) is 0 Å². The molecule has 3 heteroatoms. The second kappa shape index (κ2) is 6.55. The van der Waals surface area contributed by atoms with Crippen molar-refractivity contribution in [1.29, 1.82) is 0 Å². The molecule has 0 N–H and O–H groups in total. The number of hydrogen-bond donors (Lipinski definition) is 0. The molecule has 0 aliphatic heterocycles. The Morgan fingerprint density at radius 3 is 2.37 bits per heavy atom. The van der Waals surface area contributed by atoms with Crippen LogP contribution in [0.15, 0.2) is 22.7 Å². The minimum Gasteiger partial charge on any atom is -0.417 e. The summed E-state index contributed by atoms with van der Waals surface area (Å²) < 4.78 is 7.39. The quantitative estimate of drug-likeness (QED) is 0.491. The minimum absolute atomic E-state index is 0.307. The molecule has 108 valence electrons. The molecular formula is C16H27BrOSi. The van der Waals surface area contributed by atoms with Gasteiger partial charge in [0.25, 0.3) is 0 Å². The highest BCUT2D eigenvalue weighted by Gasteiger charge is 2.36. The molecule has 0 saturated carbocycles. The average molecular weight is 343 g/mol. The first-order valence-corrected chi connectivity index (χ1v) is 10.7. The fourth-order valence-corrected chi connectivity index (χ4v) is 3.02. The molecule has 1 aromatic carbocycles. The first kappa shape index (κ1) is 16.9. The number of hydrogen-bond acceptors (Lipinski definition) is 1. The van der Waals surface area contributed by atoms with Crippen LogP contribution in [-0.2, 0) is 10.8 Å². The Morgan fingerprint density at radius 2 is 1.84 bits per heavy atom. The lowest BCUT2D eigenvalue weighted by Gasteiger charge is -2.36. The lowest BCUT2D eigenvalue weighted by Crippen LogP contribution is -2.41. The maximum absolute atomic E-state index is 6.20. The molecule has 0 aromatic heterocycles. The SMILES string of the molecule is Cc1cc(CCCO[Si](C)(C)C(C)(C)C)ccc1Br. The van der Waals surface area contributed by atoms with Gasteiger partial charge >= 0.3 is 0 Å². The van der Waals surface area contributed by atoms with Crippen LogP contribution in [0.5, 0.6) is 0 Å². The highest BCUT2D eigenvalue weighted by molar-refractivity contribution is 9.10. The van der Waals surface area contributed by atoms with Crippen LogP contribution in [0.1, 0.15) is 38.3 Å². The first-order chi connectivity index (χ1) is 8.63. The predicted octanol–water partition coefficient (Wildman–Crippen LogP) is 5.71. The Bertz CT molecular complexity index is 421. The van der Waals surface area contributed by atoms with Gasteiger partial charge in [-0.25, -0.2) is 0 Å². The van der Waals surface area contributed by atoms with Crippen molar-refractivity contribution >= 4 is 24.2 Å². The molecule has 1 nitrogen and oxygen atoms in total. The molecule has 0 fully saturated rings. The van der Waals surface area contributed by atoms with E-state index >= 15 is 0 Å². The van der Waals surface area contributed by atoms with Crippen molar-refractivity contribution in [2.45, 2.75) is 58.7 Å². The van der Waals surface area contributed by atoms with Crippen molar-refractivity contribution in [3.8, 4) is 0 Å². The van der Waals surface area contributed by atoms with Crippen LogP contribution < -0.4 is 0 Å². The fraction of sp³-hybridized carbons (Fsp3) is 0.625. The summed E-state index contributed by atoms with van der Waals surface area (Å²) in [6, 6.07) is 6.60. The van der Waals surface area contributed by atoms with Crippen LogP contribution in [0.25, 0.3) is 0 Å². The normalized spacial score (nSPS) is 12.8. The zero-order valence-corrected chi connectivity index (χ0v) is 15.7. The van der Waals surface area contributed by atoms with Gasteiger partial charge in [-0.3, -0.25) is 0 Å². The molecule has 0 atom stereocenters. The van der Waals surface area contributed by atoms with E-state index in [1.807, 2.05) is 0 Å². The van der Waals surface area contributed by atoms with E-state index < -0.39 is 8.32 Å². The molecule has 0 heterocycles. The van der Waals surface area contributed by atoms with Crippen molar-refractivity contribution < 1.29 is 4.43 Å². The Labute approximate surface area is 128 Å². The number of rotatable bonds is 5. The third kappa shape index (κ3) is 5.05. The summed E-state index contributed by atoms with van der Waals surface area (Å²) in [5.74, 6) is 0. The lowest BCUT2D eigenvalue weighted by atomic mass is 10.1. The molecule has 0 amide bonds. The maximum Gasteiger partial charge on any atom is 0.191 e. The molecule has 0 bridgehead atoms. The molecule has 1 rings (SSSR count). The zero-order valence-electron chi connectivity index (χ0n) is 13.1. The standard InChI is InChI=1S/C16H27BrOSi/c1-13-12-14(9-10-15(13)17)8-7-11-18-19(5,6)16(2,3)4/h9-10,12H,7-8,11H2,1-6H3. The van der Waals surface area contributed by atoms with Crippen LogP contribution in [0.4, 0.5) is 0 Å².